The van der Waals surface area contributed by atoms with E-state index < -0.39 is 11.9 Å². The van der Waals surface area contributed by atoms with Crippen LogP contribution in [0.3, 0.4) is 0 Å². The Labute approximate surface area is 101 Å². The molecule has 4 nitrogen and oxygen atoms in total. The molecule has 0 aliphatic heterocycles. The number of ether oxygens (including phenoxy) is 2. The lowest BCUT2D eigenvalue weighted by Crippen LogP contribution is -2.36. The van der Waals surface area contributed by atoms with Gasteiger partial charge in [-0.1, -0.05) is 0 Å². The molecule has 3 atom stereocenters. The number of hydrogen-bond acceptors (Lipinski definition) is 4. The molecule has 2 bridgehead atoms. The molecule has 0 spiro atoms. The zero-order valence-corrected chi connectivity index (χ0v) is 10.3. The molecule has 94 valence electrons. The van der Waals surface area contributed by atoms with Gasteiger partial charge in [0.05, 0.1) is 7.11 Å². The maximum Gasteiger partial charge on any atom is 0.331 e. The first-order valence-corrected chi connectivity index (χ1v) is 6.02. The lowest BCUT2D eigenvalue weighted by Gasteiger charge is -2.33. The van der Waals surface area contributed by atoms with Crippen LogP contribution < -0.4 is 0 Å². The first-order valence-electron chi connectivity index (χ1n) is 6.02. The Morgan fingerprint density at radius 3 is 2.47 bits per heavy atom. The minimum Gasteiger partial charge on any atom is -0.466 e. The van der Waals surface area contributed by atoms with Crippen LogP contribution in [0, 0.1) is 11.8 Å². The summed E-state index contributed by atoms with van der Waals surface area (Å²) in [4.78, 5) is 22.4. The second-order valence-corrected chi connectivity index (χ2v) is 5.17. The topological polar surface area (TPSA) is 52.6 Å². The first-order chi connectivity index (χ1) is 8.03. The molecule has 0 N–H and O–H groups in total. The van der Waals surface area contributed by atoms with Gasteiger partial charge < -0.3 is 9.47 Å². The van der Waals surface area contributed by atoms with Crippen molar-refractivity contribution in [2.45, 2.75) is 38.2 Å². The zero-order valence-electron chi connectivity index (χ0n) is 10.3. The van der Waals surface area contributed by atoms with Gasteiger partial charge in [0.1, 0.15) is 5.60 Å². The summed E-state index contributed by atoms with van der Waals surface area (Å²) >= 11 is 0. The monoisotopic (exact) mass is 238 g/mol. The first kappa shape index (κ1) is 12.1. The Morgan fingerprint density at radius 2 is 1.94 bits per heavy atom. The van der Waals surface area contributed by atoms with E-state index >= 15 is 0 Å². The van der Waals surface area contributed by atoms with Crippen LogP contribution in [0.25, 0.3) is 0 Å². The number of esters is 2. The molecule has 0 amide bonds. The number of methoxy groups -OCH3 is 1. The SMILES string of the molecule is COC(=O)/C=C\C(=O)OC1(C)CC2CCC1C2. The van der Waals surface area contributed by atoms with Crippen LogP contribution in [0.2, 0.25) is 0 Å². The maximum absolute atomic E-state index is 11.6. The van der Waals surface area contributed by atoms with Gasteiger partial charge >= 0.3 is 11.9 Å². The van der Waals surface area contributed by atoms with Crippen LogP contribution in [0.5, 0.6) is 0 Å². The Hall–Kier alpha value is -1.32. The molecule has 0 saturated heterocycles. The minimum atomic E-state index is -0.542. The average molecular weight is 238 g/mol. The van der Waals surface area contributed by atoms with Gasteiger partial charge in [0, 0.05) is 12.2 Å². The Bertz CT molecular complexity index is 360. The average Bonchev–Trinajstić information content (AvgIpc) is 2.85. The van der Waals surface area contributed by atoms with Gasteiger partial charge in [0.2, 0.25) is 0 Å². The highest BCUT2D eigenvalue weighted by Gasteiger charge is 2.50. The summed E-state index contributed by atoms with van der Waals surface area (Å²) in [7, 11) is 1.27. The van der Waals surface area contributed by atoms with Crippen molar-refractivity contribution >= 4 is 11.9 Å². The molecular formula is C13H18O4. The number of rotatable bonds is 3. The lowest BCUT2D eigenvalue weighted by molar-refractivity contribution is -0.157. The van der Waals surface area contributed by atoms with Crippen LogP contribution >= 0.6 is 0 Å². The van der Waals surface area contributed by atoms with Gasteiger partial charge in [-0.2, -0.15) is 0 Å². The van der Waals surface area contributed by atoms with Gasteiger partial charge in [-0.25, -0.2) is 9.59 Å². The molecule has 0 radical (unpaired) electrons. The van der Waals surface area contributed by atoms with Crippen LogP contribution in [-0.2, 0) is 19.1 Å². The van der Waals surface area contributed by atoms with Gasteiger partial charge in [-0.3, -0.25) is 0 Å². The summed E-state index contributed by atoms with van der Waals surface area (Å²) in [5, 5.41) is 0. The molecule has 2 fully saturated rings. The van der Waals surface area contributed by atoms with Crippen molar-refractivity contribution in [3.05, 3.63) is 12.2 Å². The maximum atomic E-state index is 11.6. The summed E-state index contributed by atoms with van der Waals surface area (Å²) in [5.74, 6) is 0.204. The summed E-state index contributed by atoms with van der Waals surface area (Å²) in [5.41, 5.74) is -0.333. The van der Waals surface area contributed by atoms with Gasteiger partial charge in [0.25, 0.3) is 0 Å². The Kier molecular flexibility index (Phi) is 3.22. The third-order valence-corrected chi connectivity index (χ3v) is 3.99. The highest BCUT2D eigenvalue weighted by molar-refractivity contribution is 5.91. The van der Waals surface area contributed by atoms with Crippen LogP contribution in [-0.4, -0.2) is 24.6 Å². The number of carbonyl (C=O) groups excluding carboxylic acids is 2. The van der Waals surface area contributed by atoms with Crippen molar-refractivity contribution in [2.24, 2.45) is 11.8 Å². The molecule has 2 aliphatic carbocycles. The largest absolute Gasteiger partial charge is 0.466 e. The number of carbonyl (C=O) groups is 2. The van der Waals surface area contributed by atoms with Gasteiger partial charge in [-0.15, -0.1) is 0 Å². The molecule has 0 aromatic carbocycles. The molecular weight excluding hydrogens is 220 g/mol. The van der Waals surface area contributed by atoms with Crippen LogP contribution in [0.4, 0.5) is 0 Å². The fourth-order valence-corrected chi connectivity index (χ4v) is 3.15. The normalized spacial score (nSPS) is 35.2. The fourth-order valence-electron chi connectivity index (χ4n) is 3.15. The van der Waals surface area contributed by atoms with Crippen molar-refractivity contribution in [2.75, 3.05) is 7.11 Å². The lowest BCUT2D eigenvalue weighted by atomic mass is 9.86. The third-order valence-electron chi connectivity index (χ3n) is 3.99. The molecule has 3 unspecified atom stereocenters. The molecule has 2 saturated carbocycles. The van der Waals surface area contributed by atoms with E-state index in [9.17, 15) is 9.59 Å². The molecule has 0 aromatic rings. The van der Waals surface area contributed by atoms with E-state index in [1.54, 1.807) is 0 Å². The number of hydrogen-bond donors (Lipinski definition) is 0. The third kappa shape index (κ3) is 2.51. The second kappa shape index (κ2) is 4.51. The zero-order chi connectivity index (χ0) is 12.5. The van der Waals surface area contributed by atoms with E-state index in [0.717, 1.165) is 25.0 Å². The quantitative estimate of drug-likeness (QED) is 0.556. The Morgan fingerprint density at radius 1 is 1.24 bits per heavy atom. The van der Waals surface area contributed by atoms with Crippen molar-refractivity contribution in [3.8, 4) is 0 Å². The minimum absolute atomic E-state index is 0.333. The predicted octanol–water partition coefficient (Wildman–Crippen LogP) is 1.84. The second-order valence-electron chi connectivity index (χ2n) is 5.17. The van der Waals surface area contributed by atoms with E-state index in [1.165, 1.54) is 20.0 Å². The smallest absolute Gasteiger partial charge is 0.331 e. The Balaban J connectivity index is 1.91. The van der Waals surface area contributed by atoms with E-state index in [1.807, 2.05) is 6.92 Å². The number of fused-ring (bicyclic) bond motifs is 2. The van der Waals surface area contributed by atoms with Gasteiger partial charge in [0.15, 0.2) is 0 Å². The molecule has 2 rings (SSSR count). The van der Waals surface area contributed by atoms with E-state index in [0.29, 0.717) is 11.8 Å². The summed E-state index contributed by atoms with van der Waals surface area (Å²) in [6.45, 7) is 2.00. The fraction of sp³-hybridized carbons (Fsp3) is 0.692. The van der Waals surface area contributed by atoms with Crippen molar-refractivity contribution in [1.29, 1.82) is 0 Å². The van der Waals surface area contributed by atoms with E-state index in [-0.39, 0.29) is 5.60 Å². The molecule has 0 aromatic heterocycles. The van der Waals surface area contributed by atoms with Crippen LogP contribution in [0.1, 0.15) is 32.6 Å². The molecule has 4 heteroatoms. The standard InChI is InChI=1S/C13H18O4/c1-13(8-9-3-4-10(13)7-9)17-12(15)6-5-11(14)16-2/h5-6,9-10H,3-4,7-8H2,1-2H3/b6-5-. The van der Waals surface area contributed by atoms with Crippen LogP contribution in [0.15, 0.2) is 12.2 Å². The van der Waals surface area contributed by atoms with Crippen molar-refractivity contribution in [1.82, 2.24) is 0 Å². The van der Waals surface area contributed by atoms with Crippen molar-refractivity contribution in [3.63, 3.8) is 0 Å². The molecule has 2 aliphatic rings. The predicted molar refractivity (Wildman–Crippen MR) is 61.1 cm³/mol. The summed E-state index contributed by atoms with van der Waals surface area (Å²) < 4.78 is 9.91. The van der Waals surface area contributed by atoms with Crippen molar-refractivity contribution < 1.29 is 19.1 Å². The summed E-state index contributed by atoms with van der Waals surface area (Å²) in [6, 6.07) is 0. The molecule has 17 heavy (non-hydrogen) atoms. The summed E-state index contributed by atoms with van der Waals surface area (Å²) in [6.07, 6.45) is 6.77. The molecule has 0 heterocycles. The van der Waals surface area contributed by atoms with Gasteiger partial charge in [-0.05, 0) is 44.4 Å². The highest BCUT2D eigenvalue weighted by atomic mass is 16.6. The van der Waals surface area contributed by atoms with E-state index in [2.05, 4.69) is 4.74 Å². The highest BCUT2D eigenvalue weighted by Crippen LogP contribution is 2.52. The van der Waals surface area contributed by atoms with E-state index in [4.69, 9.17) is 4.74 Å².